The fourth-order valence-corrected chi connectivity index (χ4v) is 4.60. The molecule has 1 aromatic heterocycles. The summed E-state index contributed by atoms with van der Waals surface area (Å²) in [5, 5.41) is 3.24. The molecule has 0 fully saturated rings. The van der Waals surface area contributed by atoms with Gasteiger partial charge in [-0.2, -0.15) is 18.3 Å². The number of carbonyl (C=O) groups excluding carboxylic acids is 1. The number of halogens is 5. The van der Waals surface area contributed by atoms with Crippen LogP contribution in [0, 0.1) is 19.7 Å². The minimum atomic E-state index is -4.82. The molecule has 1 N–H and O–H groups in total. The highest BCUT2D eigenvalue weighted by atomic mass is 35.5. The molecule has 36 heavy (non-hydrogen) atoms. The van der Waals surface area contributed by atoms with Crippen LogP contribution < -0.4 is 9.73 Å². The van der Waals surface area contributed by atoms with E-state index in [2.05, 4.69) is 10.5 Å². The summed E-state index contributed by atoms with van der Waals surface area (Å²) in [6.07, 6.45) is -2.71. The van der Waals surface area contributed by atoms with Crippen LogP contribution in [-0.2, 0) is 21.0 Å². The van der Waals surface area contributed by atoms with Crippen LogP contribution in [0.1, 0.15) is 22.5 Å². The second kappa shape index (κ2) is 10.3. The zero-order chi connectivity index (χ0) is 26.8. The Morgan fingerprint density at radius 3 is 2.36 bits per heavy atom. The number of rotatable bonds is 7. The van der Waals surface area contributed by atoms with Crippen molar-refractivity contribution in [2.24, 2.45) is 5.10 Å². The van der Waals surface area contributed by atoms with Gasteiger partial charge in [-0.3, -0.25) is 9.10 Å². The number of hydrogen-bond acceptors (Lipinski definition) is 4. The number of nitrogens with one attached hydrogen (secondary N) is 1. The van der Waals surface area contributed by atoms with E-state index in [1.54, 1.807) is 25.1 Å². The molecule has 0 spiro atoms. The number of aromatic nitrogens is 1. The largest absolute Gasteiger partial charge is 0.417 e. The van der Waals surface area contributed by atoms with Crippen LogP contribution in [0.25, 0.3) is 5.69 Å². The highest BCUT2D eigenvalue weighted by molar-refractivity contribution is 7.92. The minimum absolute atomic E-state index is 0.373. The van der Waals surface area contributed by atoms with Gasteiger partial charge in [-0.25, -0.2) is 18.2 Å². The quantitative estimate of drug-likeness (QED) is 0.263. The molecule has 0 atom stereocenters. The minimum Gasteiger partial charge on any atom is -0.318 e. The number of nitrogens with zero attached hydrogens (tertiary/aromatic N) is 3. The number of anilines is 1. The van der Waals surface area contributed by atoms with Gasteiger partial charge in [-0.15, -0.1) is 0 Å². The molecule has 1 heterocycles. The molecule has 3 rings (SSSR count). The first-order chi connectivity index (χ1) is 16.7. The Morgan fingerprint density at radius 1 is 1.14 bits per heavy atom. The van der Waals surface area contributed by atoms with E-state index in [0.717, 1.165) is 35.5 Å². The predicted molar refractivity (Wildman–Crippen MR) is 130 cm³/mol. The number of alkyl halides is 3. The molecule has 192 valence electrons. The summed E-state index contributed by atoms with van der Waals surface area (Å²) in [4.78, 5) is 12.4. The number of hydrazone groups is 1. The van der Waals surface area contributed by atoms with E-state index in [1.807, 2.05) is 11.5 Å². The summed E-state index contributed by atoms with van der Waals surface area (Å²) in [6, 6.07) is 10.2. The molecular weight excluding hydrogens is 524 g/mol. The van der Waals surface area contributed by atoms with Gasteiger partial charge in [0, 0.05) is 22.6 Å². The lowest BCUT2D eigenvalue weighted by Crippen LogP contribution is -2.39. The number of carbonyl (C=O) groups is 1. The molecule has 0 aliphatic heterocycles. The smallest absolute Gasteiger partial charge is 0.318 e. The molecule has 2 aromatic carbocycles. The molecule has 0 saturated carbocycles. The standard InChI is InChI=1S/C23H21ClF4N4O3S/c1-14-10-16(15(2)32(14)18-6-4-17(25)5-7-18)12-29-30-22(33)13-31(36(3,34)35)19-8-9-21(24)20(11-19)23(26,27)28/h4-12H,13H2,1-3H3,(H,30,33)/b29-12-. The van der Waals surface area contributed by atoms with Gasteiger partial charge in [0.1, 0.15) is 12.4 Å². The van der Waals surface area contributed by atoms with E-state index < -0.39 is 39.2 Å². The van der Waals surface area contributed by atoms with Crippen molar-refractivity contribution in [3.05, 3.63) is 81.9 Å². The fraction of sp³-hybridized carbons (Fsp3) is 0.217. The van der Waals surface area contributed by atoms with Crippen molar-refractivity contribution in [2.45, 2.75) is 20.0 Å². The van der Waals surface area contributed by atoms with Gasteiger partial charge in [0.15, 0.2) is 0 Å². The highest BCUT2D eigenvalue weighted by Gasteiger charge is 2.34. The zero-order valence-corrected chi connectivity index (χ0v) is 20.8. The third-order valence-electron chi connectivity index (χ3n) is 5.18. The van der Waals surface area contributed by atoms with Gasteiger partial charge in [0.05, 0.1) is 28.7 Å². The molecular formula is C23H21ClF4N4O3S. The molecule has 0 bridgehead atoms. The van der Waals surface area contributed by atoms with Crippen molar-refractivity contribution in [1.29, 1.82) is 0 Å². The fourth-order valence-electron chi connectivity index (χ4n) is 3.53. The van der Waals surface area contributed by atoms with E-state index in [0.29, 0.717) is 15.9 Å². The van der Waals surface area contributed by atoms with Crippen molar-refractivity contribution >= 4 is 39.4 Å². The van der Waals surface area contributed by atoms with Crippen molar-refractivity contribution in [3.63, 3.8) is 0 Å². The summed E-state index contributed by atoms with van der Waals surface area (Å²) in [7, 11) is -4.13. The summed E-state index contributed by atoms with van der Waals surface area (Å²) in [6.45, 7) is 2.81. The van der Waals surface area contributed by atoms with E-state index in [9.17, 15) is 30.8 Å². The van der Waals surface area contributed by atoms with Gasteiger partial charge < -0.3 is 4.57 Å². The Morgan fingerprint density at radius 2 is 1.78 bits per heavy atom. The number of benzene rings is 2. The van der Waals surface area contributed by atoms with Crippen LogP contribution >= 0.6 is 11.6 Å². The Kier molecular flexibility index (Phi) is 7.79. The van der Waals surface area contributed by atoms with Crippen LogP contribution in [0.3, 0.4) is 0 Å². The van der Waals surface area contributed by atoms with Crippen LogP contribution in [0.15, 0.2) is 53.6 Å². The maximum atomic E-state index is 13.2. The van der Waals surface area contributed by atoms with Crippen LogP contribution in [-0.4, -0.2) is 37.9 Å². The second-order valence-corrected chi connectivity index (χ2v) is 10.2. The topological polar surface area (TPSA) is 83.8 Å². The third-order valence-corrected chi connectivity index (χ3v) is 6.65. The number of aryl methyl sites for hydroxylation is 1. The van der Waals surface area contributed by atoms with Gasteiger partial charge in [0.2, 0.25) is 10.0 Å². The molecule has 13 heteroatoms. The second-order valence-electron chi connectivity index (χ2n) is 7.86. The number of hydrogen-bond donors (Lipinski definition) is 1. The predicted octanol–water partition coefficient (Wildman–Crippen LogP) is 4.82. The summed E-state index contributed by atoms with van der Waals surface area (Å²) >= 11 is 5.60. The first kappa shape index (κ1) is 27.2. The highest BCUT2D eigenvalue weighted by Crippen LogP contribution is 2.37. The lowest BCUT2D eigenvalue weighted by Gasteiger charge is -2.22. The SMILES string of the molecule is Cc1cc(/C=N\NC(=O)CN(c2ccc(Cl)c(C(F)(F)F)c2)S(C)(=O)=O)c(C)n1-c1ccc(F)cc1. The van der Waals surface area contributed by atoms with E-state index >= 15 is 0 Å². The molecule has 0 aliphatic carbocycles. The first-order valence-corrected chi connectivity index (χ1v) is 12.5. The van der Waals surface area contributed by atoms with Crippen molar-refractivity contribution in [3.8, 4) is 5.69 Å². The van der Waals surface area contributed by atoms with Crippen LogP contribution in [0.2, 0.25) is 5.02 Å². The molecule has 0 aliphatic rings. The van der Waals surface area contributed by atoms with Gasteiger partial charge >= 0.3 is 6.18 Å². The lowest BCUT2D eigenvalue weighted by molar-refractivity contribution is -0.137. The molecule has 0 radical (unpaired) electrons. The Balaban J connectivity index is 1.78. The normalized spacial score (nSPS) is 12.2. The Hall–Kier alpha value is -3.38. The number of amides is 1. The maximum absolute atomic E-state index is 13.2. The van der Waals surface area contributed by atoms with Gasteiger partial charge in [-0.1, -0.05) is 11.6 Å². The average Bonchev–Trinajstić information content (AvgIpc) is 3.05. The monoisotopic (exact) mass is 544 g/mol. The van der Waals surface area contributed by atoms with Crippen molar-refractivity contribution in [1.82, 2.24) is 9.99 Å². The van der Waals surface area contributed by atoms with Gasteiger partial charge in [0.25, 0.3) is 5.91 Å². The van der Waals surface area contributed by atoms with Crippen LogP contribution in [0.4, 0.5) is 23.2 Å². The summed E-state index contributed by atoms with van der Waals surface area (Å²) in [5.74, 6) is -1.25. The van der Waals surface area contributed by atoms with Gasteiger partial charge in [-0.05, 0) is 62.4 Å². The Bertz CT molecular complexity index is 1420. The zero-order valence-electron chi connectivity index (χ0n) is 19.3. The van der Waals surface area contributed by atoms with Crippen LogP contribution in [0.5, 0.6) is 0 Å². The summed E-state index contributed by atoms with van der Waals surface area (Å²) < 4.78 is 79.6. The summed E-state index contributed by atoms with van der Waals surface area (Å²) in [5.41, 5.74) is 3.49. The Labute approximate surface area is 210 Å². The molecule has 0 unspecified atom stereocenters. The van der Waals surface area contributed by atoms with E-state index in [-0.39, 0.29) is 11.5 Å². The van der Waals surface area contributed by atoms with E-state index in [4.69, 9.17) is 11.6 Å². The molecule has 1 amide bonds. The van der Waals surface area contributed by atoms with E-state index in [1.165, 1.54) is 18.3 Å². The molecule has 7 nitrogen and oxygen atoms in total. The first-order valence-electron chi connectivity index (χ1n) is 10.3. The third kappa shape index (κ3) is 6.24. The average molecular weight is 545 g/mol. The molecule has 3 aromatic rings. The molecule has 0 saturated heterocycles. The number of sulfonamides is 1. The lowest BCUT2D eigenvalue weighted by atomic mass is 10.2. The van der Waals surface area contributed by atoms with Crippen molar-refractivity contribution < 1.29 is 30.8 Å². The van der Waals surface area contributed by atoms with Crippen molar-refractivity contribution in [2.75, 3.05) is 17.1 Å². The maximum Gasteiger partial charge on any atom is 0.417 e.